The van der Waals surface area contributed by atoms with Crippen molar-refractivity contribution in [3.8, 4) is 5.75 Å². The lowest BCUT2D eigenvalue weighted by Crippen LogP contribution is -2.38. The third kappa shape index (κ3) is 4.22. The highest BCUT2D eigenvalue weighted by atomic mass is 19.4. The molecule has 132 valence electrons. The summed E-state index contributed by atoms with van der Waals surface area (Å²) in [4.78, 5) is 2.52. The van der Waals surface area contributed by atoms with Gasteiger partial charge in [0.1, 0.15) is 0 Å². The van der Waals surface area contributed by atoms with Gasteiger partial charge >= 0.3 is 12.5 Å². The van der Waals surface area contributed by atoms with Crippen molar-refractivity contribution < 1.29 is 35.5 Å². The minimum absolute atomic E-state index is 0.00884. The zero-order valence-corrected chi connectivity index (χ0v) is 11.8. The number of nitrogens with zero attached hydrogens (tertiary/aromatic N) is 3. The second-order valence-electron chi connectivity index (χ2n) is 5.36. The van der Waals surface area contributed by atoms with Gasteiger partial charge in [-0.05, 0) is 42.0 Å². The maximum Gasteiger partial charge on any atom is 0.573 e. The van der Waals surface area contributed by atoms with E-state index in [1.54, 1.807) is 0 Å². The average Bonchev–Trinajstić information content (AvgIpc) is 2.35. The molecular weight excluding hydrogens is 347 g/mol. The summed E-state index contributed by atoms with van der Waals surface area (Å²) in [6, 6.07) is 1.30. The summed E-state index contributed by atoms with van der Waals surface area (Å²) >= 11 is 0. The Labute approximate surface area is 130 Å². The lowest BCUT2D eigenvalue weighted by Gasteiger charge is -2.39. The fourth-order valence-corrected chi connectivity index (χ4v) is 2.58. The van der Waals surface area contributed by atoms with Gasteiger partial charge in [-0.2, -0.15) is 13.2 Å². The molecule has 0 saturated heterocycles. The van der Waals surface area contributed by atoms with Gasteiger partial charge in [0.05, 0.1) is 12.0 Å². The molecule has 0 N–H and O–H groups in total. The standard InChI is InChI=1S/C13H10F7N3O/c14-9-5-6(1-2-10(9)24-13(18,19)20)11(22-23-21)7-3-8(4-7)12(15,16)17/h1-2,5,7-8,11H,3-4H2/t7-,8-,11?. The van der Waals surface area contributed by atoms with Crippen LogP contribution in [0.15, 0.2) is 23.3 Å². The van der Waals surface area contributed by atoms with Crippen LogP contribution in [0.5, 0.6) is 5.75 Å². The van der Waals surface area contributed by atoms with Crippen molar-refractivity contribution >= 4 is 0 Å². The number of ether oxygens (including phenoxy) is 1. The van der Waals surface area contributed by atoms with Crippen LogP contribution in [0.25, 0.3) is 10.4 Å². The molecule has 1 aliphatic rings. The Morgan fingerprint density at radius 2 is 1.79 bits per heavy atom. The van der Waals surface area contributed by atoms with Crippen molar-refractivity contribution in [2.24, 2.45) is 17.0 Å². The Bertz CT molecular complexity index is 646. The van der Waals surface area contributed by atoms with Crippen molar-refractivity contribution in [3.05, 3.63) is 40.0 Å². The fourth-order valence-electron chi connectivity index (χ4n) is 2.58. The number of rotatable bonds is 4. The highest BCUT2D eigenvalue weighted by molar-refractivity contribution is 5.32. The number of azide groups is 1. The molecule has 1 aromatic carbocycles. The van der Waals surface area contributed by atoms with Crippen molar-refractivity contribution in [2.75, 3.05) is 0 Å². The van der Waals surface area contributed by atoms with Crippen molar-refractivity contribution in [1.82, 2.24) is 0 Å². The van der Waals surface area contributed by atoms with E-state index in [1.807, 2.05) is 0 Å². The van der Waals surface area contributed by atoms with Crippen LogP contribution in [-0.4, -0.2) is 12.5 Å². The first-order valence-corrected chi connectivity index (χ1v) is 6.67. The fraction of sp³-hybridized carbons (Fsp3) is 0.538. The van der Waals surface area contributed by atoms with E-state index in [0.717, 1.165) is 6.07 Å². The SMILES string of the molecule is [N-]=[N+]=NC(c1ccc(OC(F)(F)F)c(F)c1)[C@H]1C[C@H](C(F)(F)F)C1. The molecule has 0 aliphatic heterocycles. The smallest absolute Gasteiger partial charge is 0.403 e. The molecule has 0 aromatic heterocycles. The summed E-state index contributed by atoms with van der Waals surface area (Å²) in [7, 11) is 0. The number of hydrogen-bond donors (Lipinski definition) is 0. The molecule has 0 spiro atoms. The molecule has 1 unspecified atom stereocenters. The molecule has 1 aromatic rings. The first-order valence-electron chi connectivity index (χ1n) is 6.67. The zero-order valence-electron chi connectivity index (χ0n) is 11.8. The van der Waals surface area contributed by atoms with Gasteiger partial charge < -0.3 is 4.74 Å². The topological polar surface area (TPSA) is 58.0 Å². The van der Waals surface area contributed by atoms with E-state index in [4.69, 9.17) is 5.53 Å². The third-order valence-electron chi connectivity index (χ3n) is 3.78. The van der Waals surface area contributed by atoms with E-state index >= 15 is 0 Å². The molecule has 11 heteroatoms. The maximum atomic E-state index is 13.7. The van der Waals surface area contributed by atoms with Crippen LogP contribution >= 0.6 is 0 Å². The van der Waals surface area contributed by atoms with E-state index in [-0.39, 0.29) is 18.4 Å². The van der Waals surface area contributed by atoms with Gasteiger partial charge in [0.15, 0.2) is 11.6 Å². The summed E-state index contributed by atoms with van der Waals surface area (Å²) in [5, 5.41) is 3.36. The summed E-state index contributed by atoms with van der Waals surface area (Å²) < 4.78 is 91.0. The van der Waals surface area contributed by atoms with Crippen molar-refractivity contribution in [2.45, 2.75) is 31.4 Å². The van der Waals surface area contributed by atoms with Crippen LogP contribution in [0.2, 0.25) is 0 Å². The second-order valence-corrected chi connectivity index (χ2v) is 5.36. The first-order chi connectivity index (χ1) is 11.0. The Morgan fingerprint density at radius 1 is 1.17 bits per heavy atom. The molecule has 1 aliphatic carbocycles. The zero-order chi connectivity index (χ0) is 18.1. The van der Waals surface area contributed by atoms with Gasteiger partial charge in [0.2, 0.25) is 0 Å². The van der Waals surface area contributed by atoms with E-state index in [9.17, 15) is 30.7 Å². The van der Waals surface area contributed by atoms with Gasteiger partial charge in [-0.25, -0.2) is 4.39 Å². The molecule has 0 bridgehead atoms. The van der Waals surface area contributed by atoms with E-state index in [2.05, 4.69) is 14.8 Å². The summed E-state index contributed by atoms with van der Waals surface area (Å²) in [6.07, 6.45) is -10.0. The Hall–Kier alpha value is -2.16. The van der Waals surface area contributed by atoms with Gasteiger partial charge in [-0.3, -0.25) is 0 Å². The van der Waals surface area contributed by atoms with Gasteiger partial charge in [-0.15, -0.1) is 13.2 Å². The first kappa shape index (κ1) is 18.2. The number of halogens is 7. The normalized spacial score (nSPS) is 22.3. The number of benzene rings is 1. The highest BCUT2D eigenvalue weighted by Gasteiger charge is 2.49. The summed E-state index contributed by atoms with van der Waals surface area (Å²) in [5.41, 5.74) is 8.53. The van der Waals surface area contributed by atoms with Crippen molar-refractivity contribution in [3.63, 3.8) is 0 Å². The van der Waals surface area contributed by atoms with Crippen LogP contribution in [0, 0.1) is 17.7 Å². The number of hydrogen-bond acceptors (Lipinski definition) is 2. The Morgan fingerprint density at radius 3 is 2.25 bits per heavy atom. The van der Waals surface area contributed by atoms with Crippen LogP contribution < -0.4 is 4.74 Å². The number of alkyl halides is 6. The van der Waals surface area contributed by atoms with Crippen LogP contribution in [0.3, 0.4) is 0 Å². The quantitative estimate of drug-likeness (QED) is 0.297. The van der Waals surface area contributed by atoms with E-state index in [0.29, 0.717) is 12.1 Å². The third-order valence-corrected chi connectivity index (χ3v) is 3.78. The Balaban J connectivity index is 2.18. The van der Waals surface area contributed by atoms with Crippen LogP contribution in [0.1, 0.15) is 24.4 Å². The monoisotopic (exact) mass is 357 g/mol. The lowest BCUT2D eigenvalue weighted by atomic mass is 9.69. The van der Waals surface area contributed by atoms with E-state index in [1.165, 1.54) is 0 Å². The largest absolute Gasteiger partial charge is 0.573 e. The molecule has 1 atom stereocenters. The molecule has 0 heterocycles. The average molecular weight is 357 g/mol. The van der Waals surface area contributed by atoms with Gasteiger partial charge in [0, 0.05) is 4.91 Å². The molecule has 2 rings (SSSR count). The van der Waals surface area contributed by atoms with E-state index < -0.39 is 42.0 Å². The minimum Gasteiger partial charge on any atom is -0.403 e. The molecule has 0 radical (unpaired) electrons. The Kier molecular flexibility index (Phi) is 4.84. The predicted octanol–water partition coefficient (Wildman–Crippen LogP) is 5.66. The van der Waals surface area contributed by atoms with Gasteiger partial charge in [-0.1, -0.05) is 11.2 Å². The van der Waals surface area contributed by atoms with Gasteiger partial charge in [0.25, 0.3) is 0 Å². The molecule has 0 amide bonds. The molecular formula is C13H10F7N3O. The molecule has 1 saturated carbocycles. The minimum atomic E-state index is -5.08. The summed E-state index contributed by atoms with van der Waals surface area (Å²) in [5.74, 6) is -4.62. The van der Waals surface area contributed by atoms with Crippen LogP contribution in [-0.2, 0) is 0 Å². The second kappa shape index (κ2) is 6.39. The van der Waals surface area contributed by atoms with Crippen molar-refractivity contribution in [1.29, 1.82) is 0 Å². The lowest BCUT2D eigenvalue weighted by molar-refractivity contribution is -0.275. The predicted molar refractivity (Wildman–Crippen MR) is 67.2 cm³/mol. The van der Waals surface area contributed by atoms with Crippen LogP contribution in [0.4, 0.5) is 30.7 Å². The molecule has 4 nitrogen and oxygen atoms in total. The highest BCUT2D eigenvalue weighted by Crippen LogP contribution is 2.50. The summed E-state index contributed by atoms with van der Waals surface area (Å²) in [6.45, 7) is 0. The maximum absolute atomic E-state index is 13.7. The molecule has 1 fully saturated rings. The molecule has 24 heavy (non-hydrogen) atoms.